The number of likely N-dealkylation sites (N-methyl/N-ethyl adjacent to an activating group) is 1. The predicted molar refractivity (Wildman–Crippen MR) is 114 cm³/mol. The topological polar surface area (TPSA) is 87.2 Å². The fourth-order valence-electron chi connectivity index (χ4n) is 2.79. The number of nitrogens with one attached hydrogen (secondary N) is 2. The van der Waals surface area contributed by atoms with Crippen LogP contribution < -0.4 is 15.5 Å². The SMILES string of the molecule is CC(=O)Nc1cccc(NC(=O)c2ccc(N(C)CCc3ccncc3)nc2)c1. The maximum absolute atomic E-state index is 12.5. The number of pyridine rings is 2. The Bertz CT molecular complexity index is 974. The van der Waals surface area contributed by atoms with Gasteiger partial charge in [0.25, 0.3) is 5.91 Å². The zero-order valence-electron chi connectivity index (χ0n) is 16.4. The molecular formula is C22H23N5O2. The Balaban J connectivity index is 1.59. The first-order chi connectivity index (χ1) is 14.0. The third kappa shape index (κ3) is 5.87. The first-order valence-electron chi connectivity index (χ1n) is 9.26. The third-order valence-electron chi connectivity index (χ3n) is 4.33. The number of benzene rings is 1. The van der Waals surface area contributed by atoms with Crippen LogP contribution in [0.25, 0.3) is 0 Å². The molecule has 0 fully saturated rings. The van der Waals surface area contributed by atoms with E-state index in [-0.39, 0.29) is 11.8 Å². The fraction of sp³-hybridized carbons (Fsp3) is 0.182. The summed E-state index contributed by atoms with van der Waals surface area (Å²) in [5, 5.41) is 5.51. The monoisotopic (exact) mass is 389 g/mol. The molecule has 2 amide bonds. The van der Waals surface area contributed by atoms with Crippen molar-refractivity contribution in [3.63, 3.8) is 0 Å². The number of amides is 2. The highest BCUT2D eigenvalue weighted by Crippen LogP contribution is 2.17. The van der Waals surface area contributed by atoms with Gasteiger partial charge in [-0.2, -0.15) is 0 Å². The van der Waals surface area contributed by atoms with Crippen molar-refractivity contribution in [3.8, 4) is 0 Å². The van der Waals surface area contributed by atoms with Crippen LogP contribution in [-0.4, -0.2) is 35.4 Å². The summed E-state index contributed by atoms with van der Waals surface area (Å²) in [6.45, 7) is 2.24. The number of carbonyl (C=O) groups is 2. The summed E-state index contributed by atoms with van der Waals surface area (Å²) in [5.74, 6) is 0.369. The highest BCUT2D eigenvalue weighted by molar-refractivity contribution is 6.04. The molecule has 3 rings (SSSR count). The molecule has 0 aliphatic heterocycles. The first kappa shape index (κ1) is 20.0. The molecule has 0 saturated carbocycles. The van der Waals surface area contributed by atoms with E-state index in [1.807, 2.05) is 30.1 Å². The average molecular weight is 389 g/mol. The summed E-state index contributed by atoms with van der Waals surface area (Å²) >= 11 is 0. The molecule has 2 aromatic heterocycles. The lowest BCUT2D eigenvalue weighted by Crippen LogP contribution is -2.21. The molecule has 0 aliphatic carbocycles. The van der Waals surface area contributed by atoms with Crippen LogP contribution in [0.4, 0.5) is 17.2 Å². The first-order valence-corrected chi connectivity index (χ1v) is 9.26. The zero-order chi connectivity index (χ0) is 20.6. The molecule has 7 nitrogen and oxygen atoms in total. The second kappa shape index (κ2) is 9.45. The molecule has 0 radical (unpaired) electrons. The minimum atomic E-state index is -0.261. The van der Waals surface area contributed by atoms with Crippen molar-refractivity contribution in [2.75, 3.05) is 29.1 Å². The Morgan fingerprint density at radius 1 is 1.00 bits per heavy atom. The summed E-state index contributed by atoms with van der Waals surface area (Å²) in [4.78, 5) is 34.1. The van der Waals surface area contributed by atoms with Gasteiger partial charge in [-0.05, 0) is 54.4 Å². The van der Waals surface area contributed by atoms with Crippen LogP contribution in [-0.2, 0) is 11.2 Å². The minimum Gasteiger partial charge on any atom is -0.359 e. The van der Waals surface area contributed by atoms with Crippen molar-refractivity contribution in [2.24, 2.45) is 0 Å². The molecule has 148 valence electrons. The van der Waals surface area contributed by atoms with Crippen LogP contribution in [0.2, 0.25) is 0 Å². The molecule has 1 aromatic carbocycles. The second-order valence-corrected chi connectivity index (χ2v) is 6.65. The van der Waals surface area contributed by atoms with Crippen molar-refractivity contribution < 1.29 is 9.59 Å². The van der Waals surface area contributed by atoms with Crippen LogP contribution in [0, 0.1) is 0 Å². The van der Waals surface area contributed by atoms with Gasteiger partial charge in [-0.25, -0.2) is 4.98 Å². The smallest absolute Gasteiger partial charge is 0.257 e. The molecule has 2 N–H and O–H groups in total. The van der Waals surface area contributed by atoms with Gasteiger partial charge in [0.15, 0.2) is 0 Å². The zero-order valence-corrected chi connectivity index (χ0v) is 16.4. The number of rotatable bonds is 7. The number of hydrogen-bond acceptors (Lipinski definition) is 5. The largest absolute Gasteiger partial charge is 0.359 e. The molecule has 0 spiro atoms. The van der Waals surface area contributed by atoms with Crippen molar-refractivity contribution in [2.45, 2.75) is 13.3 Å². The van der Waals surface area contributed by atoms with Gasteiger partial charge in [0, 0.05) is 50.5 Å². The van der Waals surface area contributed by atoms with Gasteiger partial charge in [0.1, 0.15) is 5.82 Å². The molecule has 29 heavy (non-hydrogen) atoms. The quantitative estimate of drug-likeness (QED) is 0.647. The van der Waals surface area contributed by atoms with Crippen molar-refractivity contribution in [1.29, 1.82) is 0 Å². The Kier molecular flexibility index (Phi) is 6.52. The van der Waals surface area contributed by atoms with Gasteiger partial charge in [-0.3, -0.25) is 14.6 Å². The van der Waals surface area contributed by atoms with E-state index in [1.165, 1.54) is 12.5 Å². The molecule has 3 aromatic rings. The van der Waals surface area contributed by atoms with E-state index >= 15 is 0 Å². The van der Waals surface area contributed by atoms with Crippen LogP contribution in [0.3, 0.4) is 0 Å². The molecule has 0 unspecified atom stereocenters. The highest BCUT2D eigenvalue weighted by Gasteiger charge is 2.09. The van der Waals surface area contributed by atoms with Crippen LogP contribution >= 0.6 is 0 Å². The van der Waals surface area contributed by atoms with Crippen molar-refractivity contribution in [3.05, 3.63) is 78.2 Å². The van der Waals surface area contributed by atoms with Gasteiger partial charge < -0.3 is 15.5 Å². The van der Waals surface area contributed by atoms with Gasteiger partial charge >= 0.3 is 0 Å². The standard InChI is InChI=1S/C22H23N5O2/c1-16(28)25-19-4-3-5-20(14-19)26-22(29)18-6-7-21(24-15-18)27(2)13-10-17-8-11-23-12-9-17/h3-9,11-12,14-15H,10,13H2,1-2H3,(H,25,28)(H,26,29). The summed E-state index contributed by atoms with van der Waals surface area (Å²) in [7, 11) is 1.97. The summed E-state index contributed by atoms with van der Waals surface area (Å²) < 4.78 is 0. The lowest BCUT2D eigenvalue weighted by atomic mass is 10.2. The molecule has 0 saturated heterocycles. The number of carbonyl (C=O) groups excluding carboxylic acids is 2. The maximum Gasteiger partial charge on any atom is 0.257 e. The Hall–Kier alpha value is -3.74. The van der Waals surface area contributed by atoms with Gasteiger partial charge in [-0.1, -0.05) is 6.07 Å². The Morgan fingerprint density at radius 2 is 1.72 bits per heavy atom. The summed E-state index contributed by atoms with van der Waals surface area (Å²) in [5.41, 5.74) is 2.89. The van der Waals surface area contributed by atoms with E-state index in [2.05, 4.69) is 20.6 Å². The highest BCUT2D eigenvalue weighted by atomic mass is 16.2. The lowest BCUT2D eigenvalue weighted by Gasteiger charge is -2.18. The van der Waals surface area contributed by atoms with Crippen molar-refractivity contribution >= 4 is 29.0 Å². The number of anilines is 3. The van der Waals surface area contributed by atoms with Crippen molar-refractivity contribution in [1.82, 2.24) is 9.97 Å². The molecule has 7 heteroatoms. The van der Waals surface area contributed by atoms with E-state index in [0.29, 0.717) is 16.9 Å². The second-order valence-electron chi connectivity index (χ2n) is 6.65. The normalized spacial score (nSPS) is 10.3. The molecule has 0 aliphatic rings. The predicted octanol–water partition coefficient (Wildman–Crippen LogP) is 3.37. The maximum atomic E-state index is 12.5. The van der Waals surface area contributed by atoms with Crippen LogP contribution in [0.15, 0.2) is 67.1 Å². The van der Waals surface area contributed by atoms with Crippen LogP contribution in [0.1, 0.15) is 22.8 Å². The van der Waals surface area contributed by atoms with E-state index in [4.69, 9.17) is 0 Å². The molecular weight excluding hydrogens is 366 g/mol. The number of aromatic nitrogens is 2. The van der Waals surface area contributed by atoms with E-state index in [0.717, 1.165) is 18.8 Å². The average Bonchev–Trinajstić information content (AvgIpc) is 2.72. The number of hydrogen-bond donors (Lipinski definition) is 2. The van der Waals surface area contributed by atoms with E-state index < -0.39 is 0 Å². The lowest BCUT2D eigenvalue weighted by molar-refractivity contribution is -0.114. The number of nitrogens with zero attached hydrogens (tertiary/aromatic N) is 3. The summed E-state index contributed by atoms with van der Waals surface area (Å²) in [6, 6.07) is 14.6. The van der Waals surface area contributed by atoms with Gasteiger partial charge in [0.05, 0.1) is 5.56 Å². The third-order valence-corrected chi connectivity index (χ3v) is 4.33. The molecule has 0 bridgehead atoms. The fourth-order valence-corrected chi connectivity index (χ4v) is 2.79. The van der Waals surface area contributed by atoms with Gasteiger partial charge in [-0.15, -0.1) is 0 Å². The molecule has 2 heterocycles. The Labute approximate surface area is 169 Å². The Morgan fingerprint density at radius 3 is 2.38 bits per heavy atom. The molecule has 0 atom stereocenters. The van der Waals surface area contributed by atoms with E-state index in [1.54, 1.807) is 48.9 Å². The van der Waals surface area contributed by atoms with Crippen LogP contribution in [0.5, 0.6) is 0 Å². The van der Waals surface area contributed by atoms with Gasteiger partial charge in [0.2, 0.25) is 5.91 Å². The summed E-state index contributed by atoms with van der Waals surface area (Å²) in [6.07, 6.45) is 6.01. The van der Waals surface area contributed by atoms with E-state index in [9.17, 15) is 9.59 Å². The minimum absolute atomic E-state index is 0.165.